The lowest BCUT2D eigenvalue weighted by Gasteiger charge is -2.11. The van der Waals surface area contributed by atoms with Gasteiger partial charge in [-0.2, -0.15) is 0 Å². The Labute approximate surface area is 132 Å². The summed E-state index contributed by atoms with van der Waals surface area (Å²) in [4.78, 5) is 8.64. The number of imidazole rings is 1. The van der Waals surface area contributed by atoms with Crippen molar-refractivity contribution in [3.8, 4) is 0 Å². The van der Waals surface area contributed by atoms with Crippen LogP contribution in [0.3, 0.4) is 0 Å². The summed E-state index contributed by atoms with van der Waals surface area (Å²) >= 11 is 0. The van der Waals surface area contributed by atoms with Gasteiger partial charge in [0.15, 0.2) is 5.96 Å². The number of aromatic nitrogens is 2. The summed E-state index contributed by atoms with van der Waals surface area (Å²) in [7, 11) is 0. The van der Waals surface area contributed by atoms with E-state index >= 15 is 0 Å². The molecule has 0 aliphatic rings. The van der Waals surface area contributed by atoms with E-state index in [4.69, 9.17) is 0 Å². The number of hydrogen-bond donors (Lipinski definition) is 2. The summed E-state index contributed by atoms with van der Waals surface area (Å²) in [6, 6.07) is 10.5. The summed E-state index contributed by atoms with van der Waals surface area (Å²) in [5.74, 6) is 0.893. The topological polar surface area (TPSA) is 54.2 Å². The Morgan fingerprint density at radius 2 is 2.09 bits per heavy atom. The van der Waals surface area contributed by atoms with Gasteiger partial charge in [0.2, 0.25) is 0 Å². The second kappa shape index (κ2) is 9.60. The van der Waals surface area contributed by atoms with Gasteiger partial charge in [-0.15, -0.1) is 0 Å². The number of hydrogen-bond acceptors (Lipinski definition) is 2. The highest BCUT2D eigenvalue weighted by molar-refractivity contribution is 5.79. The molecule has 5 nitrogen and oxygen atoms in total. The molecule has 0 saturated carbocycles. The molecule has 0 aliphatic carbocycles. The molecule has 0 atom stereocenters. The quantitative estimate of drug-likeness (QED) is 0.446. The monoisotopic (exact) mass is 299 g/mol. The molecule has 2 N–H and O–H groups in total. The Morgan fingerprint density at radius 1 is 1.23 bits per heavy atom. The van der Waals surface area contributed by atoms with Gasteiger partial charge in [-0.05, 0) is 25.3 Å². The fourth-order valence-corrected chi connectivity index (χ4v) is 2.17. The molecular weight excluding hydrogens is 274 g/mol. The molecule has 22 heavy (non-hydrogen) atoms. The zero-order valence-electron chi connectivity index (χ0n) is 13.2. The molecule has 0 spiro atoms. The number of aryl methyl sites for hydroxylation is 1. The Morgan fingerprint density at radius 3 is 2.82 bits per heavy atom. The Balaban J connectivity index is 1.70. The zero-order valence-corrected chi connectivity index (χ0v) is 13.2. The molecular formula is C17H25N5. The van der Waals surface area contributed by atoms with Gasteiger partial charge in [-0.25, -0.2) is 4.98 Å². The number of benzene rings is 1. The molecule has 1 heterocycles. The van der Waals surface area contributed by atoms with Gasteiger partial charge >= 0.3 is 0 Å². The minimum atomic E-state index is 0.804. The largest absolute Gasteiger partial charge is 0.357 e. The van der Waals surface area contributed by atoms with Crippen LogP contribution in [-0.4, -0.2) is 35.1 Å². The first kappa shape index (κ1) is 16.1. The second-order valence-corrected chi connectivity index (χ2v) is 5.08. The molecule has 0 saturated heterocycles. The first-order valence-electron chi connectivity index (χ1n) is 7.90. The van der Waals surface area contributed by atoms with Crippen molar-refractivity contribution in [2.24, 2.45) is 4.99 Å². The first-order chi connectivity index (χ1) is 10.9. The highest BCUT2D eigenvalue weighted by Crippen LogP contribution is 1.98. The van der Waals surface area contributed by atoms with E-state index in [0.29, 0.717) is 0 Å². The average Bonchev–Trinajstić information content (AvgIpc) is 3.06. The third kappa shape index (κ3) is 5.99. The van der Waals surface area contributed by atoms with Crippen LogP contribution in [0.15, 0.2) is 54.0 Å². The van der Waals surface area contributed by atoms with E-state index in [1.807, 2.05) is 18.6 Å². The van der Waals surface area contributed by atoms with E-state index in [-0.39, 0.29) is 0 Å². The van der Waals surface area contributed by atoms with Gasteiger partial charge < -0.3 is 15.2 Å². The van der Waals surface area contributed by atoms with Crippen LogP contribution >= 0.6 is 0 Å². The zero-order chi connectivity index (χ0) is 15.5. The van der Waals surface area contributed by atoms with Crippen molar-refractivity contribution in [1.82, 2.24) is 20.2 Å². The lowest BCUT2D eigenvalue weighted by atomic mass is 10.1. The summed E-state index contributed by atoms with van der Waals surface area (Å²) < 4.78 is 2.07. The fourth-order valence-electron chi connectivity index (χ4n) is 2.17. The molecule has 5 heteroatoms. The van der Waals surface area contributed by atoms with Crippen LogP contribution in [-0.2, 0) is 13.0 Å². The third-order valence-electron chi connectivity index (χ3n) is 3.30. The molecule has 0 amide bonds. The molecule has 1 aromatic carbocycles. The molecule has 1 aromatic heterocycles. The molecule has 118 valence electrons. The second-order valence-electron chi connectivity index (χ2n) is 5.08. The van der Waals surface area contributed by atoms with Crippen molar-refractivity contribution in [3.05, 3.63) is 54.6 Å². The van der Waals surface area contributed by atoms with Crippen LogP contribution in [0, 0.1) is 0 Å². The van der Waals surface area contributed by atoms with Crippen molar-refractivity contribution >= 4 is 5.96 Å². The van der Waals surface area contributed by atoms with Crippen LogP contribution in [0.25, 0.3) is 0 Å². The molecule has 0 bridgehead atoms. The SMILES string of the molecule is CCNC(=NCCCn1ccnc1)NCCc1ccccc1. The summed E-state index contributed by atoms with van der Waals surface area (Å²) in [5, 5.41) is 6.66. The first-order valence-corrected chi connectivity index (χ1v) is 7.90. The average molecular weight is 299 g/mol. The van der Waals surface area contributed by atoms with Crippen LogP contribution < -0.4 is 10.6 Å². The number of aliphatic imine (C=N–C) groups is 1. The lowest BCUT2D eigenvalue weighted by Crippen LogP contribution is -2.38. The highest BCUT2D eigenvalue weighted by atomic mass is 15.2. The molecule has 2 aromatic rings. The van der Waals surface area contributed by atoms with Gasteiger partial charge in [0, 0.05) is 38.6 Å². The maximum absolute atomic E-state index is 4.60. The van der Waals surface area contributed by atoms with Crippen LogP contribution in [0.2, 0.25) is 0 Å². The maximum atomic E-state index is 4.60. The van der Waals surface area contributed by atoms with E-state index in [1.165, 1.54) is 5.56 Å². The van der Waals surface area contributed by atoms with Crippen molar-refractivity contribution in [1.29, 1.82) is 0 Å². The molecule has 0 fully saturated rings. The molecule has 2 rings (SSSR count). The van der Waals surface area contributed by atoms with Gasteiger partial charge in [0.25, 0.3) is 0 Å². The smallest absolute Gasteiger partial charge is 0.191 e. The summed E-state index contributed by atoms with van der Waals surface area (Å²) in [6.07, 6.45) is 7.63. The number of rotatable bonds is 8. The minimum Gasteiger partial charge on any atom is -0.357 e. The minimum absolute atomic E-state index is 0.804. The summed E-state index contributed by atoms with van der Waals surface area (Å²) in [5.41, 5.74) is 1.34. The van der Waals surface area contributed by atoms with Gasteiger partial charge in [0.1, 0.15) is 0 Å². The normalized spacial score (nSPS) is 11.4. The fraction of sp³-hybridized carbons (Fsp3) is 0.412. The standard InChI is InChI=1S/C17H25N5/c1-2-19-17(20-10-6-13-22-14-12-18-15-22)21-11-9-16-7-4-3-5-8-16/h3-5,7-8,12,14-15H,2,6,9-11,13H2,1H3,(H2,19,20,21). The van der Waals surface area contributed by atoms with Crippen LogP contribution in [0.4, 0.5) is 0 Å². The van der Waals surface area contributed by atoms with Crippen molar-refractivity contribution in [3.63, 3.8) is 0 Å². The lowest BCUT2D eigenvalue weighted by molar-refractivity contribution is 0.647. The molecule has 0 aliphatic heterocycles. The Bertz CT molecular complexity index is 533. The van der Waals surface area contributed by atoms with E-state index in [0.717, 1.165) is 45.0 Å². The third-order valence-corrected chi connectivity index (χ3v) is 3.30. The molecule has 0 unspecified atom stereocenters. The van der Waals surface area contributed by atoms with Gasteiger partial charge in [-0.3, -0.25) is 4.99 Å². The summed E-state index contributed by atoms with van der Waals surface area (Å²) in [6.45, 7) is 5.60. The van der Waals surface area contributed by atoms with Crippen LogP contribution in [0.1, 0.15) is 18.9 Å². The number of nitrogens with one attached hydrogen (secondary N) is 2. The van der Waals surface area contributed by atoms with Crippen molar-refractivity contribution in [2.75, 3.05) is 19.6 Å². The van der Waals surface area contributed by atoms with E-state index < -0.39 is 0 Å². The Kier molecular flexibility index (Phi) is 7.02. The van der Waals surface area contributed by atoms with Crippen LogP contribution in [0.5, 0.6) is 0 Å². The van der Waals surface area contributed by atoms with Gasteiger partial charge in [-0.1, -0.05) is 30.3 Å². The molecule has 0 radical (unpaired) electrons. The Hall–Kier alpha value is -2.30. The van der Waals surface area contributed by atoms with E-state index in [9.17, 15) is 0 Å². The number of guanidine groups is 1. The predicted molar refractivity (Wildman–Crippen MR) is 91.0 cm³/mol. The number of nitrogens with zero attached hydrogens (tertiary/aromatic N) is 3. The van der Waals surface area contributed by atoms with E-state index in [2.05, 4.69) is 56.4 Å². The van der Waals surface area contributed by atoms with Gasteiger partial charge in [0.05, 0.1) is 6.33 Å². The maximum Gasteiger partial charge on any atom is 0.191 e. The van der Waals surface area contributed by atoms with Crippen molar-refractivity contribution < 1.29 is 0 Å². The van der Waals surface area contributed by atoms with E-state index in [1.54, 1.807) is 6.20 Å². The predicted octanol–water partition coefficient (Wildman–Crippen LogP) is 2.07. The highest BCUT2D eigenvalue weighted by Gasteiger charge is 1.97. The van der Waals surface area contributed by atoms with Crippen molar-refractivity contribution in [2.45, 2.75) is 26.3 Å².